The van der Waals surface area contributed by atoms with Crippen LogP contribution in [0.3, 0.4) is 0 Å². The molecule has 2 heterocycles. The molecule has 2 N–H and O–H groups in total. The Kier molecular flexibility index (Phi) is 9.49. The number of rotatable bonds is 9. The monoisotopic (exact) mass is 647 g/mol. The summed E-state index contributed by atoms with van der Waals surface area (Å²) in [7, 11) is 3.01. The van der Waals surface area contributed by atoms with Gasteiger partial charge in [0.1, 0.15) is 19.0 Å². The van der Waals surface area contributed by atoms with Gasteiger partial charge in [-0.1, -0.05) is 23.7 Å². The van der Waals surface area contributed by atoms with E-state index in [-0.39, 0.29) is 40.9 Å². The Hall–Kier alpha value is -5.47. The number of fused-ring (bicyclic) bond motifs is 1. The molecule has 3 amide bonds. The number of carbonyl (C=O) groups is 4. The summed E-state index contributed by atoms with van der Waals surface area (Å²) in [6.45, 7) is -0.0774. The van der Waals surface area contributed by atoms with Crippen LogP contribution >= 0.6 is 11.6 Å². The third-order valence-corrected chi connectivity index (χ3v) is 7.72. The van der Waals surface area contributed by atoms with Crippen LogP contribution in [0.25, 0.3) is 11.8 Å². The predicted molar refractivity (Wildman–Crippen MR) is 165 cm³/mol. The molecule has 236 valence electrons. The maximum absolute atomic E-state index is 15.2. The number of ether oxygens (including phenoxy) is 1. The molecule has 1 unspecified atom stereocenters. The Morgan fingerprint density at radius 2 is 1.91 bits per heavy atom. The molecule has 4 aromatic rings. The average molecular weight is 648 g/mol. The smallest absolute Gasteiger partial charge is 0.335 e. The van der Waals surface area contributed by atoms with Gasteiger partial charge in [-0.15, -0.1) is 5.10 Å². The highest BCUT2D eigenvalue weighted by Gasteiger charge is 2.37. The molecule has 0 saturated heterocycles. The summed E-state index contributed by atoms with van der Waals surface area (Å²) in [5, 5.41) is 22.7. The highest BCUT2D eigenvalue weighted by atomic mass is 35.5. The van der Waals surface area contributed by atoms with Crippen molar-refractivity contribution in [1.82, 2.24) is 25.1 Å². The molecule has 1 aromatic heterocycles. The van der Waals surface area contributed by atoms with Crippen LogP contribution < -0.4 is 10.2 Å². The fourth-order valence-electron chi connectivity index (χ4n) is 5.18. The molecule has 3 aromatic carbocycles. The fraction of sp³-hybridized carbons (Fsp3) is 0.194. The molecule has 0 aliphatic carbocycles. The van der Waals surface area contributed by atoms with Gasteiger partial charge in [-0.05, 0) is 76.5 Å². The van der Waals surface area contributed by atoms with Gasteiger partial charge in [-0.25, -0.2) is 9.18 Å². The van der Waals surface area contributed by atoms with E-state index in [2.05, 4.69) is 20.8 Å². The van der Waals surface area contributed by atoms with Gasteiger partial charge in [0.2, 0.25) is 5.91 Å². The number of likely N-dealkylation sites (N-methyl/N-ethyl adjacent to an activating group) is 1. The Bertz CT molecular complexity index is 1830. The van der Waals surface area contributed by atoms with Crippen molar-refractivity contribution in [2.24, 2.45) is 0 Å². The minimum atomic E-state index is -1.17. The average Bonchev–Trinajstić information content (AvgIpc) is 3.59. The van der Waals surface area contributed by atoms with Gasteiger partial charge >= 0.3 is 5.97 Å². The fourth-order valence-corrected chi connectivity index (χ4v) is 5.35. The molecule has 0 bridgehead atoms. The number of aromatic nitrogens is 4. The molecule has 0 radical (unpaired) electrons. The summed E-state index contributed by atoms with van der Waals surface area (Å²) in [6.07, 6.45) is 3.93. The third-order valence-electron chi connectivity index (χ3n) is 7.43. The second kappa shape index (κ2) is 13.7. The third kappa shape index (κ3) is 6.48. The van der Waals surface area contributed by atoms with Crippen LogP contribution in [0.1, 0.15) is 33.1 Å². The van der Waals surface area contributed by atoms with E-state index in [0.29, 0.717) is 28.9 Å². The molecule has 5 rings (SSSR count). The largest absolute Gasteiger partial charge is 0.478 e. The Labute approximate surface area is 266 Å². The van der Waals surface area contributed by atoms with Crippen molar-refractivity contribution in [3.05, 3.63) is 100 Å². The molecule has 0 spiro atoms. The Balaban J connectivity index is 1.53. The number of aromatic carboxylic acids is 1. The van der Waals surface area contributed by atoms with Crippen LogP contribution in [0.15, 0.2) is 67.0 Å². The number of nitrogens with one attached hydrogen (secondary N) is 1. The summed E-state index contributed by atoms with van der Waals surface area (Å²) in [4.78, 5) is 54.4. The molecule has 0 fully saturated rings. The quantitative estimate of drug-likeness (QED) is 0.259. The molecule has 13 nitrogen and oxygen atoms in total. The molecule has 15 heteroatoms. The normalized spacial score (nSPS) is 14.2. The molecular formula is C31H27ClFN7O6. The lowest BCUT2D eigenvalue weighted by Gasteiger charge is -2.37. The van der Waals surface area contributed by atoms with Crippen LogP contribution in [0, 0.1) is 5.82 Å². The van der Waals surface area contributed by atoms with Crippen molar-refractivity contribution in [2.75, 3.05) is 37.5 Å². The van der Waals surface area contributed by atoms with Crippen LogP contribution in [0.2, 0.25) is 5.02 Å². The van der Waals surface area contributed by atoms with Crippen molar-refractivity contribution in [1.29, 1.82) is 0 Å². The topological polar surface area (TPSA) is 160 Å². The number of hydrogen-bond donors (Lipinski definition) is 2. The maximum Gasteiger partial charge on any atom is 0.335 e. The number of benzene rings is 3. The van der Waals surface area contributed by atoms with E-state index in [1.165, 1.54) is 70.4 Å². The lowest BCUT2D eigenvalue weighted by atomic mass is 9.90. The molecule has 46 heavy (non-hydrogen) atoms. The van der Waals surface area contributed by atoms with Gasteiger partial charge in [-0.3, -0.25) is 14.4 Å². The summed E-state index contributed by atoms with van der Waals surface area (Å²) in [5.74, 6) is -3.42. The summed E-state index contributed by atoms with van der Waals surface area (Å²) in [5.41, 5.74) is 2.23. The lowest BCUT2D eigenvalue weighted by Crippen LogP contribution is -2.45. The van der Waals surface area contributed by atoms with Crippen LogP contribution in [-0.4, -0.2) is 81.2 Å². The van der Waals surface area contributed by atoms with Crippen molar-refractivity contribution in [3.63, 3.8) is 0 Å². The summed E-state index contributed by atoms with van der Waals surface area (Å²) in [6, 6.07) is 12.3. The molecule has 1 atom stereocenters. The highest BCUT2D eigenvalue weighted by Crippen LogP contribution is 2.37. The summed E-state index contributed by atoms with van der Waals surface area (Å²) >= 11 is 6.03. The maximum atomic E-state index is 15.2. The van der Waals surface area contributed by atoms with Crippen molar-refractivity contribution < 1.29 is 33.4 Å². The van der Waals surface area contributed by atoms with E-state index < -0.39 is 29.6 Å². The van der Waals surface area contributed by atoms with E-state index in [4.69, 9.17) is 16.3 Å². The predicted octanol–water partition coefficient (Wildman–Crippen LogP) is 3.54. The number of carboxylic acids is 1. The summed E-state index contributed by atoms with van der Waals surface area (Å²) < 4.78 is 21.4. The van der Waals surface area contributed by atoms with Gasteiger partial charge in [0.15, 0.2) is 5.82 Å². The van der Waals surface area contributed by atoms with E-state index in [1.807, 2.05) is 0 Å². The minimum absolute atomic E-state index is 0.0330. The number of tetrazole rings is 1. The van der Waals surface area contributed by atoms with Crippen LogP contribution in [0.5, 0.6) is 0 Å². The lowest BCUT2D eigenvalue weighted by molar-refractivity contribution is -0.135. The van der Waals surface area contributed by atoms with Gasteiger partial charge in [0.25, 0.3) is 11.8 Å². The van der Waals surface area contributed by atoms with Crippen LogP contribution in [-0.2, 0) is 25.5 Å². The van der Waals surface area contributed by atoms with Gasteiger partial charge < -0.3 is 25.0 Å². The first-order chi connectivity index (χ1) is 22.1. The van der Waals surface area contributed by atoms with E-state index >= 15 is 4.39 Å². The van der Waals surface area contributed by atoms with Gasteiger partial charge in [0, 0.05) is 43.7 Å². The number of carbonyl (C=O) groups excluding carboxylic acids is 3. The van der Waals surface area contributed by atoms with Crippen molar-refractivity contribution in [3.8, 4) is 5.69 Å². The zero-order chi connectivity index (χ0) is 33.0. The highest BCUT2D eigenvalue weighted by molar-refractivity contribution is 6.31. The number of hydrogen-bond acceptors (Lipinski definition) is 8. The number of halogens is 2. The number of methoxy groups -OCH3 is 1. The zero-order valence-corrected chi connectivity index (χ0v) is 25.3. The Morgan fingerprint density at radius 1 is 1.15 bits per heavy atom. The van der Waals surface area contributed by atoms with Gasteiger partial charge in [0.05, 0.1) is 16.3 Å². The zero-order valence-electron chi connectivity index (χ0n) is 24.6. The van der Waals surface area contributed by atoms with Crippen LogP contribution in [0.4, 0.5) is 15.8 Å². The molecule has 0 saturated carbocycles. The first-order valence-electron chi connectivity index (χ1n) is 13.8. The number of nitrogens with zero attached hydrogens (tertiary/aromatic N) is 6. The van der Waals surface area contributed by atoms with E-state index in [9.17, 15) is 24.3 Å². The second-order valence-corrected chi connectivity index (χ2v) is 10.6. The van der Waals surface area contributed by atoms with E-state index in [1.54, 1.807) is 25.2 Å². The van der Waals surface area contributed by atoms with Crippen molar-refractivity contribution in [2.45, 2.75) is 12.5 Å². The standard InChI is InChI=1S/C31H27ClFN7O6/c1-38(27(42)16-46-2)24-5-3-4-21-20(24)14-15-39(29(21)30(43)35-19-8-6-18(7-9-19)31(44)45)26(41)13-10-22-25(40-17-34-36-37-40)12-11-23(32)28(22)33/h3-13,17,29H,14-16H2,1-2H3,(H,35,43)(H,44,45)/b13-10+. The second-order valence-electron chi connectivity index (χ2n) is 10.2. The number of carboxylic acid groups (broad SMARTS) is 1. The van der Waals surface area contributed by atoms with E-state index in [0.717, 1.165) is 6.08 Å². The van der Waals surface area contributed by atoms with Crippen molar-refractivity contribution >= 4 is 52.7 Å². The SMILES string of the molecule is COCC(=O)N(C)c1cccc2c1CCN(C(=O)/C=C/c1c(-n3cnnn3)ccc(Cl)c1F)C2C(=O)Nc1ccc(C(=O)O)cc1. The minimum Gasteiger partial charge on any atom is -0.478 e. The first-order valence-corrected chi connectivity index (χ1v) is 14.2. The number of amides is 3. The molecular weight excluding hydrogens is 621 g/mol. The van der Waals surface area contributed by atoms with Gasteiger partial charge in [-0.2, -0.15) is 4.68 Å². The molecule has 1 aliphatic rings. The first kappa shape index (κ1) is 31.9. The number of anilines is 2. The molecule has 1 aliphatic heterocycles. The Morgan fingerprint density at radius 3 is 2.59 bits per heavy atom.